The predicted molar refractivity (Wildman–Crippen MR) is 131 cm³/mol. The highest BCUT2D eigenvalue weighted by molar-refractivity contribution is 7.13. The maximum Gasteiger partial charge on any atom is 0.325 e. The van der Waals surface area contributed by atoms with Gasteiger partial charge in [-0.05, 0) is 31.9 Å². The number of benzene rings is 1. The van der Waals surface area contributed by atoms with Crippen LogP contribution in [0.25, 0.3) is 0 Å². The standard InChI is InChI=1S/C24H33N5O3S/c1-3-28(29-10-12-32-13-11-29)15-19-16-33-24(25-19)27-23(31)26-21-9-8-17(2)14-20(21)22(30)18-6-4-5-7-18/h8-9,14,16,18H,3-7,10-13,15H2,1-2H3,(H2,25,26,27,31). The second-order valence-electron chi connectivity index (χ2n) is 8.66. The highest BCUT2D eigenvalue weighted by atomic mass is 32.1. The van der Waals surface area contributed by atoms with E-state index in [-0.39, 0.29) is 17.7 Å². The molecule has 2 N–H and O–H groups in total. The minimum absolute atomic E-state index is 0.0601. The van der Waals surface area contributed by atoms with Crippen LogP contribution in [0.1, 0.15) is 54.2 Å². The Hall–Kier alpha value is -2.33. The molecule has 178 valence electrons. The maximum atomic E-state index is 13.0. The Bertz CT molecular complexity index is 967. The normalized spacial score (nSPS) is 17.4. The van der Waals surface area contributed by atoms with Crippen molar-refractivity contribution in [3.05, 3.63) is 40.4 Å². The Morgan fingerprint density at radius 1 is 1.21 bits per heavy atom. The molecule has 8 nitrogen and oxygen atoms in total. The lowest BCUT2D eigenvalue weighted by Gasteiger charge is -2.36. The molecule has 2 fully saturated rings. The number of amides is 2. The van der Waals surface area contributed by atoms with E-state index in [9.17, 15) is 9.59 Å². The highest BCUT2D eigenvalue weighted by Gasteiger charge is 2.26. The van der Waals surface area contributed by atoms with Crippen molar-refractivity contribution in [1.82, 2.24) is 15.0 Å². The van der Waals surface area contributed by atoms with Crippen molar-refractivity contribution in [2.45, 2.75) is 46.1 Å². The van der Waals surface area contributed by atoms with E-state index in [1.54, 1.807) is 0 Å². The van der Waals surface area contributed by atoms with Gasteiger partial charge in [-0.25, -0.2) is 19.8 Å². The first-order valence-corrected chi connectivity index (χ1v) is 12.7. The van der Waals surface area contributed by atoms with Crippen LogP contribution in [0, 0.1) is 12.8 Å². The van der Waals surface area contributed by atoms with Gasteiger partial charge in [0.1, 0.15) is 0 Å². The molecule has 2 aliphatic rings. The third kappa shape index (κ3) is 6.17. The molecule has 0 bridgehead atoms. The molecule has 0 radical (unpaired) electrons. The molecule has 4 rings (SSSR count). The third-order valence-electron chi connectivity index (χ3n) is 6.28. The summed E-state index contributed by atoms with van der Waals surface area (Å²) in [5.74, 6) is 0.190. The number of nitrogens with one attached hydrogen (secondary N) is 2. The lowest BCUT2D eigenvalue weighted by Crippen LogP contribution is -2.48. The number of hydrogen-bond acceptors (Lipinski definition) is 7. The number of ether oxygens (including phenoxy) is 1. The van der Waals surface area contributed by atoms with Crippen LogP contribution < -0.4 is 10.6 Å². The monoisotopic (exact) mass is 471 g/mol. The second-order valence-corrected chi connectivity index (χ2v) is 9.52. The molecular formula is C24H33N5O3S. The van der Waals surface area contributed by atoms with Crippen LogP contribution in [0.2, 0.25) is 0 Å². The number of carbonyl (C=O) groups excluding carboxylic acids is 2. The van der Waals surface area contributed by atoms with E-state index in [1.165, 1.54) is 11.3 Å². The molecule has 2 heterocycles. The first kappa shape index (κ1) is 23.8. The lowest BCUT2D eigenvalue weighted by atomic mass is 9.94. The molecule has 9 heteroatoms. The summed E-state index contributed by atoms with van der Waals surface area (Å²) in [4.78, 5) is 30.3. The molecule has 0 unspecified atom stereocenters. The molecule has 0 spiro atoms. The van der Waals surface area contributed by atoms with Crippen molar-refractivity contribution in [3.8, 4) is 0 Å². The molecular weight excluding hydrogens is 438 g/mol. The van der Waals surface area contributed by atoms with Crippen LogP contribution in [-0.2, 0) is 11.3 Å². The Morgan fingerprint density at radius 3 is 2.70 bits per heavy atom. The van der Waals surface area contributed by atoms with Gasteiger partial charge >= 0.3 is 6.03 Å². The minimum Gasteiger partial charge on any atom is -0.379 e. The largest absolute Gasteiger partial charge is 0.379 e. The number of carbonyl (C=O) groups is 2. The molecule has 2 aromatic rings. The fourth-order valence-corrected chi connectivity index (χ4v) is 5.20. The minimum atomic E-state index is -0.388. The van der Waals surface area contributed by atoms with Crippen LogP contribution in [-0.4, -0.2) is 59.7 Å². The van der Waals surface area contributed by atoms with E-state index in [1.807, 2.05) is 30.5 Å². The quantitative estimate of drug-likeness (QED) is 0.550. The van der Waals surface area contributed by atoms with Crippen LogP contribution in [0.4, 0.5) is 15.6 Å². The van der Waals surface area contributed by atoms with E-state index in [2.05, 4.69) is 32.6 Å². The molecule has 0 atom stereocenters. The van der Waals surface area contributed by atoms with Gasteiger partial charge in [0.2, 0.25) is 0 Å². The summed E-state index contributed by atoms with van der Waals surface area (Å²) in [6.07, 6.45) is 4.05. The molecule has 1 saturated carbocycles. The topological polar surface area (TPSA) is 86.8 Å². The number of hydrogen-bond donors (Lipinski definition) is 2. The van der Waals surface area contributed by atoms with Gasteiger partial charge in [-0.3, -0.25) is 10.1 Å². The van der Waals surface area contributed by atoms with Crippen molar-refractivity contribution < 1.29 is 14.3 Å². The van der Waals surface area contributed by atoms with Crippen molar-refractivity contribution in [3.63, 3.8) is 0 Å². The Balaban J connectivity index is 1.37. The van der Waals surface area contributed by atoms with Crippen molar-refractivity contribution in [1.29, 1.82) is 0 Å². The number of aromatic nitrogens is 1. The van der Waals surface area contributed by atoms with E-state index >= 15 is 0 Å². The average Bonchev–Trinajstić information content (AvgIpc) is 3.51. The van der Waals surface area contributed by atoms with Crippen LogP contribution in [0.3, 0.4) is 0 Å². The number of urea groups is 1. The van der Waals surface area contributed by atoms with E-state index < -0.39 is 0 Å². The zero-order chi connectivity index (χ0) is 23.2. The van der Waals surface area contributed by atoms with Crippen LogP contribution in [0.15, 0.2) is 23.6 Å². The predicted octanol–water partition coefficient (Wildman–Crippen LogP) is 4.54. The number of hydrazine groups is 1. The summed E-state index contributed by atoms with van der Waals surface area (Å²) in [7, 11) is 0. The zero-order valence-electron chi connectivity index (χ0n) is 19.4. The lowest BCUT2D eigenvalue weighted by molar-refractivity contribution is -0.0930. The second kappa shape index (κ2) is 11.2. The van der Waals surface area contributed by atoms with Gasteiger partial charge in [-0.2, -0.15) is 0 Å². The summed E-state index contributed by atoms with van der Waals surface area (Å²) in [5.41, 5.74) is 3.07. The van der Waals surface area contributed by atoms with Gasteiger partial charge in [-0.1, -0.05) is 31.4 Å². The fraction of sp³-hybridized carbons (Fsp3) is 0.542. The van der Waals surface area contributed by atoms with E-state index in [0.717, 1.165) is 69.8 Å². The van der Waals surface area contributed by atoms with Gasteiger partial charge in [0.15, 0.2) is 10.9 Å². The number of thiazole rings is 1. The summed E-state index contributed by atoms with van der Waals surface area (Å²) in [6, 6.07) is 5.21. The molecule has 1 saturated heterocycles. The van der Waals surface area contributed by atoms with Crippen LogP contribution in [0.5, 0.6) is 0 Å². The Kier molecular flexibility index (Phi) is 8.08. The zero-order valence-corrected chi connectivity index (χ0v) is 20.2. The molecule has 33 heavy (non-hydrogen) atoms. The molecule has 1 aliphatic heterocycles. The Morgan fingerprint density at radius 2 is 1.97 bits per heavy atom. The molecule has 1 aliphatic carbocycles. The number of Topliss-reactive ketones (excluding diaryl/α,β-unsaturated/α-hetero) is 1. The first-order valence-electron chi connectivity index (χ1n) is 11.8. The summed E-state index contributed by atoms with van der Waals surface area (Å²) in [6.45, 7) is 8.90. The smallest absolute Gasteiger partial charge is 0.325 e. The number of rotatable bonds is 8. The summed E-state index contributed by atoms with van der Waals surface area (Å²) in [5, 5.41) is 12.8. The van der Waals surface area contributed by atoms with Crippen LogP contribution >= 0.6 is 11.3 Å². The van der Waals surface area contributed by atoms with Gasteiger partial charge in [-0.15, -0.1) is 11.3 Å². The molecule has 1 aromatic carbocycles. The molecule has 2 amide bonds. The number of ketones is 1. The third-order valence-corrected chi connectivity index (χ3v) is 7.09. The molecule has 1 aromatic heterocycles. The summed E-state index contributed by atoms with van der Waals surface area (Å²) < 4.78 is 5.44. The fourth-order valence-electron chi connectivity index (χ4n) is 4.50. The summed E-state index contributed by atoms with van der Waals surface area (Å²) >= 11 is 1.40. The number of morpholine rings is 1. The van der Waals surface area contributed by atoms with E-state index in [0.29, 0.717) is 22.9 Å². The Labute approximate surface area is 199 Å². The number of anilines is 2. The van der Waals surface area contributed by atoms with Gasteiger partial charge < -0.3 is 10.1 Å². The highest BCUT2D eigenvalue weighted by Crippen LogP contribution is 2.31. The van der Waals surface area contributed by atoms with E-state index in [4.69, 9.17) is 4.74 Å². The first-order chi connectivity index (χ1) is 16.0. The number of nitrogens with zero attached hydrogens (tertiary/aromatic N) is 3. The van der Waals surface area contributed by atoms with Crippen molar-refractivity contribution in [2.75, 3.05) is 43.5 Å². The van der Waals surface area contributed by atoms with Gasteiger partial charge in [0.05, 0.1) is 31.1 Å². The van der Waals surface area contributed by atoms with Crippen molar-refractivity contribution in [2.24, 2.45) is 5.92 Å². The maximum absolute atomic E-state index is 13.0. The van der Waals surface area contributed by atoms with Crippen molar-refractivity contribution >= 4 is 34.0 Å². The number of aryl methyl sites for hydroxylation is 1. The average molecular weight is 472 g/mol. The van der Waals surface area contributed by atoms with Gasteiger partial charge in [0, 0.05) is 36.5 Å². The SMILES string of the molecule is CCN(Cc1csc(NC(=O)Nc2ccc(C)cc2C(=O)C2CCCC2)n1)N1CCOCC1. The van der Waals surface area contributed by atoms with Gasteiger partial charge in [0.25, 0.3) is 0 Å².